The Morgan fingerprint density at radius 2 is 1.94 bits per heavy atom. The Balaban J connectivity index is 2.57. The predicted octanol–water partition coefficient (Wildman–Crippen LogP) is 2.25. The van der Waals surface area contributed by atoms with Crippen LogP contribution in [0.15, 0.2) is 30.3 Å². The summed E-state index contributed by atoms with van der Waals surface area (Å²) in [5.74, 6) is 0.0640. The van der Waals surface area contributed by atoms with Crippen LogP contribution in [0.5, 0.6) is 0 Å². The topological polar surface area (TPSA) is 41.1 Å². The van der Waals surface area contributed by atoms with Gasteiger partial charge in [-0.15, -0.1) is 0 Å². The van der Waals surface area contributed by atoms with Crippen molar-refractivity contribution in [2.45, 2.75) is 32.7 Å². The molecule has 1 amide bonds. The van der Waals surface area contributed by atoms with Crippen LogP contribution < -0.4 is 10.6 Å². The molecule has 0 saturated heterocycles. The summed E-state index contributed by atoms with van der Waals surface area (Å²) in [5, 5.41) is 6.10. The largest absolute Gasteiger partial charge is 0.348 e. The summed E-state index contributed by atoms with van der Waals surface area (Å²) in [7, 11) is 0. The van der Waals surface area contributed by atoms with Crippen molar-refractivity contribution in [1.29, 1.82) is 0 Å². The minimum absolute atomic E-state index is 0.0640. The van der Waals surface area contributed by atoms with E-state index in [2.05, 4.69) is 29.7 Å². The van der Waals surface area contributed by atoms with Gasteiger partial charge in [0.15, 0.2) is 0 Å². The third-order valence-electron chi connectivity index (χ3n) is 2.65. The van der Waals surface area contributed by atoms with Crippen LogP contribution in [0.4, 0.5) is 0 Å². The average Bonchev–Trinajstić information content (AvgIpc) is 2.37. The highest BCUT2D eigenvalue weighted by Gasteiger charge is 2.12. The summed E-state index contributed by atoms with van der Waals surface area (Å²) in [6, 6.07) is 10.3. The van der Waals surface area contributed by atoms with Gasteiger partial charge in [-0.2, -0.15) is 0 Å². The highest BCUT2D eigenvalue weighted by Crippen LogP contribution is 2.17. The Bertz CT molecular complexity index is 324. The number of likely N-dealkylation sites (N-methyl/N-ethyl adjacent to an activating group) is 1. The lowest BCUT2D eigenvalue weighted by Crippen LogP contribution is -2.36. The summed E-state index contributed by atoms with van der Waals surface area (Å²) in [5.41, 5.74) is 1.18. The van der Waals surface area contributed by atoms with E-state index in [1.54, 1.807) is 0 Å². The molecule has 0 aliphatic heterocycles. The Morgan fingerprint density at radius 3 is 2.53 bits per heavy atom. The second kappa shape index (κ2) is 7.85. The second-order valence-electron chi connectivity index (χ2n) is 4.10. The zero-order valence-electron chi connectivity index (χ0n) is 10.7. The van der Waals surface area contributed by atoms with Gasteiger partial charge >= 0.3 is 0 Å². The number of rotatable bonds is 7. The minimum Gasteiger partial charge on any atom is -0.348 e. The lowest BCUT2D eigenvalue weighted by Gasteiger charge is -2.18. The van der Waals surface area contributed by atoms with Gasteiger partial charge in [-0.3, -0.25) is 4.79 Å². The maximum Gasteiger partial charge on any atom is 0.234 e. The molecule has 0 bridgehead atoms. The van der Waals surface area contributed by atoms with E-state index in [9.17, 15) is 4.79 Å². The maximum absolute atomic E-state index is 11.7. The molecule has 0 aliphatic carbocycles. The number of nitrogens with one attached hydrogen (secondary N) is 2. The highest BCUT2D eigenvalue weighted by atomic mass is 16.1. The molecular weight excluding hydrogens is 212 g/mol. The van der Waals surface area contributed by atoms with Gasteiger partial charge in [-0.05, 0) is 18.5 Å². The first kappa shape index (κ1) is 13.7. The van der Waals surface area contributed by atoms with Gasteiger partial charge < -0.3 is 10.6 Å². The monoisotopic (exact) mass is 234 g/mol. The summed E-state index contributed by atoms with van der Waals surface area (Å²) in [6.45, 7) is 5.33. The standard InChI is InChI=1S/C14H22N2O/c1-3-8-13(12-9-6-5-7-10-12)16-14(17)11-15-4-2/h5-7,9-10,13,15H,3-4,8,11H2,1-2H3,(H,16,17). The van der Waals surface area contributed by atoms with Crippen molar-refractivity contribution in [3.8, 4) is 0 Å². The average molecular weight is 234 g/mol. The van der Waals surface area contributed by atoms with Crippen molar-refractivity contribution in [2.24, 2.45) is 0 Å². The van der Waals surface area contributed by atoms with Crippen molar-refractivity contribution in [3.63, 3.8) is 0 Å². The summed E-state index contributed by atoms with van der Waals surface area (Å²) in [4.78, 5) is 11.7. The van der Waals surface area contributed by atoms with Crippen molar-refractivity contribution < 1.29 is 4.79 Å². The molecule has 1 aromatic rings. The molecule has 0 saturated carbocycles. The van der Waals surface area contributed by atoms with Gasteiger partial charge in [0.05, 0.1) is 12.6 Å². The van der Waals surface area contributed by atoms with Crippen LogP contribution in [0.1, 0.15) is 38.3 Å². The molecule has 0 heterocycles. The van der Waals surface area contributed by atoms with Crippen molar-refractivity contribution >= 4 is 5.91 Å². The molecule has 1 rings (SSSR count). The quantitative estimate of drug-likeness (QED) is 0.759. The van der Waals surface area contributed by atoms with Gasteiger partial charge in [0.1, 0.15) is 0 Å². The van der Waals surface area contributed by atoms with Crippen LogP contribution in [0.25, 0.3) is 0 Å². The van der Waals surface area contributed by atoms with Crippen molar-refractivity contribution in [3.05, 3.63) is 35.9 Å². The SMILES string of the molecule is CCCC(NC(=O)CNCC)c1ccccc1. The van der Waals surface area contributed by atoms with E-state index in [-0.39, 0.29) is 11.9 Å². The molecule has 0 aromatic heterocycles. The third kappa shape index (κ3) is 5.00. The molecule has 1 atom stereocenters. The van der Waals surface area contributed by atoms with Gasteiger partial charge in [0.2, 0.25) is 5.91 Å². The smallest absolute Gasteiger partial charge is 0.234 e. The van der Waals surface area contributed by atoms with Crippen molar-refractivity contribution in [2.75, 3.05) is 13.1 Å². The van der Waals surface area contributed by atoms with Crippen LogP contribution in [-0.2, 0) is 4.79 Å². The van der Waals surface area contributed by atoms with Gasteiger partial charge in [0.25, 0.3) is 0 Å². The summed E-state index contributed by atoms with van der Waals surface area (Å²) < 4.78 is 0. The molecule has 2 N–H and O–H groups in total. The second-order valence-corrected chi connectivity index (χ2v) is 4.10. The fourth-order valence-electron chi connectivity index (χ4n) is 1.78. The zero-order chi connectivity index (χ0) is 12.5. The molecular formula is C14H22N2O. The highest BCUT2D eigenvalue weighted by molar-refractivity contribution is 5.78. The van der Waals surface area contributed by atoms with E-state index in [1.165, 1.54) is 5.56 Å². The van der Waals surface area contributed by atoms with E-state index < -0.39 is 0 Å². The molecule has 0 radical (unpaired) electrons. The molecule has 3 heteroatoms. The van der Waals surface area contributed by atoms with Crippen LogP contribution in [0.3, 0.4) is 0 Å². The Morgan fingerprint density at radius 1 is 1.24 bits per heavy atom. The van der Waals surface area contributed by atoms with Crippen LogP contribution in [-0.4, -0.2) is 19.0 Å². The summed E-state index contributed by atoms with van der Waals surface area (Å²) in [6.07, 6.45) is 2.03. The normalized spacial score (nSPS) is 12.1. The lowest BCUT2D eigenvalue weighted by molar-refractivity contribution is -0.121. The van der Waals surface area contributed by atoms with E-state index in [0.29, 0.717) is 6.54 Å². The van der Waals surface area contributed by atoms with Crippen LogP contribution >= 0.6 is 0 Å². The van der Waals surface area contributed by atoms with Crippen LogP contribution in [0.2, 0.25) is 0 Å². The van der Waals surface area contributed by atoms with E-state index >= 15 is 0 Å². The van der Waals surface area contributed by atoms with Crippen molar-refractivity contribution in [1.82, 2.24) is 10.6 Å². The van der Waals surface area contributed by atoms with E-state index in [1.807, 2.05) is 25.1 Å². The molecule has 94 valence electrons. The minimum atomic E-state index is 0.0640. The first-order valence-electron chi connectivity index (χ1n) is 6.33. The predicted molar refractivity (Wildman–Crippen MR) is 70.8 cm³/mol. The number of amides is 1. The maximum atomic E-state index is 11.7. The molecule has 1 unspecified atom stereocenters. The van der Waals surface area contributed by atoms with Crippen LogP contribution in [0, 0.1) is 0 Å². The van der Waals surface area contributed by atoms with Gasteiger partial charge in [-0.1, -0.05) is 50.6 Å². The zero-order valence-corrected chi connectivity index (χ0v) is 10.7. The Hall–Kier alpha value is -1.35. The molecule has 3 nitrogen and oxygen atoms in total. The summed E-state index contributed by atoms with van der Waals surface area (Å²) >= 11 is 0. The van der Waals surface area contributed by atoms with E-state index in [4.69, 9.17) is 0 Å². The number of hydrogen-bond acceptors (Lipinski definition) is 2. The van der Waals surface area contributed by atoms with Gasteiger partial charge in [-0.25, -0.2) is 0 Å². The molecule has 0 aliphatic rings. The third-order valence-corrected chi connectivity index (χ3v) is 2.65. The fraction of sp³-hybridized carbons (Fsp3) is 0.500. The molecule has 0 fully saturated rings. The molecule has 17 heavy (non-hydrogen) atoms. The van der Waals surface area contributed by atoms with Gasteiger partial charge in [0, 0.05) is 0 Å². The fourth-order valence-corrected chi connectivity index (χ4v) is 1.78. The lowest BCUT2D eigenvalue weighted by atomic mass is 10.0. The Labute approximate surface area is 104 Å². The number of hydrogen-bond donors (Lipinski definition) is 2. The van der Waals surface area contributed by atoms with E-state index in [0.717, 1.165) is 19.4 Å². The molecule has 1 aromatic carbocycles. The number of carbonyl (C=O) groups excluding carboxylic acids is 1. The molecule has 0 spiro atoms. The number of benzene rings is 1. The Kier molecular flexibility index (Phi) is 6.33. The number of carbonyl (C=O) groups is 1. The first-order chi connectivity index (χ1) is 8.27. The first-order valence-corrected chi connectivity index (χ1v) is 6.33.